The van der Waals surface area contributed by atoms with Crippen LogP contribution in [-0.2, 0) is 23.0 Å². The summed E-state index contributed by atoms with van der Waals surface area (Å²) in [4.78, 5) is 26.7. The molecule has 2 aromatic carbocycles. The van der Waals surface area contributed by atoms with E-state index < -0.39 is 23.2 Å². The van der Waals surface area contributed by atoms with Crippen LogP contribution in [0.15, 0.2) is 42.5 Å². The number of halogens is 3. The lowest BCUT2D eigenvalue weighted by Crippen LogP contribution is -2.63. The molecule has 0 unspecified atom stereocenters. The quantitative estimate of drug-likeness (QED) is 0.548. The molecule has 37 heavy (non-hydrogen) atoms. The van der Waals surface area contributed by atoms with Crippen molar-refractivity contribution in [2.45, 2.75) is 56.0 Å². The number of carbonyl (C=O) groups excluding carboxylic acids is 2. The Morgan fingerprint density at radius 1 is 1.11 bits per heavy atom. The highest BCUT2D eigenvalue weighted by atomic mass is 19.4. The minimum atomic E-state index is -4.54. The summed E-state index contributed by atoms with van der Waals surface area (Å²) >= 11 is 0. The fourth-order valence-corrected chi connectivity index (χ4v) is 5.49. The number of carbonyl (C=O) groups is 2. The molecule has 5 rings (SSSR count). The van der Waals surface area contributed by atoms with Crippen LogP contribution < -0.4 is 15.4 Å². The highest BCUT2D eigenvalue weighted by Gasteiger charge is 2.40. The molecule has 0 bridgehead atoms. The summed E-state index contributed by atoms with van der Waals surface area (Å²) in [5.41, 5.74) is 0.214. The van der Waals surface area contributed by atoms with Gasteiger partial charge in [-0.25, -0.2) is 0 Å². The van der Waals surface area contributed by atoms with E-state index in [1.54, 1.807) is 0 Å². The first kappa shape index (κ1) is 25.5. The lowest BCUT2D eigenvalue weighted by atomic mass is 9.76. The largest absolute Gasteiger partial charge is 0.493 e. The van der Waals surface area contributed by atoms with Gasteiger partial charge in [0, 0.05) is 31.1 Å². The molecule has 2 fully saturated rings. The molecule has 198 valence electrons. The van der Waals surface area contributed by atoms with Gasteiger partial charge in [-0.05, 0) is 67.1 Å². The number of aliphatic hydroxyl groups is 1. The first-order chi connectivity index (χ1) is 17.6. The number of alkyl halides is 3. The van der Waals surface area contributed by atoms with E-state index in [4.69, 9.17) is 4.74 Å². The number of hydrogen-bond donors (Lipinski definition) is 3. The van der Waals surface area contributed by atoms with E-state index in [1.807, 2.05) is 12.1 Å². The second-order valence-electron chi connectivity index (χ2n) is 10.2. The number of hydrogen-bond acceptors (Lipinski definition) is 5. The van der Waals surface area contributed by atoms with Gasteiger partial charge in [0.05, 0.1) is 30.4 Å². The third kappa shape index (κ3) is 5.60. The van der Waals surface area contributed by atoms with Crippen LogP contribution in [0.4, 0.5) is 13.2 Å². The molecule has 3 aliphatic rings. The SMILES string of the molecule is O=C(CNC(=O)c1cccc(C(F)(F)F)c1)NC1CN(C2CCC(O)(c3ccc4c(c3)CCO4)CC2)C1. The maximum atomic E-state index is 12.8. The number of nitrogens with zero attached hydrogens (tertiary/aromatic N) is 1. The van der Waals surface area contributed by atoms with Gasteiger partial charge in [0.15, 0.2) is 0 Å². The fourth-order valence-electron chi connectivity index (χ4n) is 5.49. The van der Waals surface area contributed by atoms with Gasteiger partial charge in [0.25, 0.3) is 5.91 Å². The zero-order chi connectivity index (χ0) is 26.2. The Bertz CT molecular complexity index is 1170. The average Bonchev–Trinajstić information content (AvgIpc) is 3.33. The Kier molecular flexibility index (Phi) is 6.89. The van der Waals surface area contributed by atoms with E-state index >= 15 is 0 Å². The number of fused-ring (bicyclic) bond motifs is 1. The molecule has 7 nitrogen and oxygen atoms in total. The zero-order valence-corrected chi connectivity index (χ0v) is 20.3. The predicted octanol–water partition coefficient (Wildman–Crippen LogP) is 3.00. The second kappa shape index (κ2) is 9.98. The molecular weight excluding hydrogens is 487 g/mol. The molecule has 1 aliphatic carbocycles. The topological polar surface area (TPSA) is 90.9 Å². The number of benzene rings is 2. The Labute approximate surface area is 213 Å². The van der Waals surface area contributed by atoms with Gasteiger partial charge in [-0.1, -0.05) is 12.1 Å². The minimum absolute atomic E-state index is 0.0459. The summed E-state index contributed by atoms with van der Waals surface area (Å²) in [6.07, 6.45) is -0.607. The van der Waals surface area contributed by atoms with Gasteiger partial charge in [-0.3, -0.25) is 14.5 Å². The normalized spacial score (nSPS) is 24.1. The number of likely N-dealkylation sites (tertiary alicyclic amines) is 1. The molecule has 0 radical (unpaired) electrons. The molecule has 2 heterocycles. The predicted molar refractivity (Wildman–Crippen MR) is 129 cm³/mol. The van der Waals surface area contributed by atoms with Crippen molar-refractivity contribution in [2.24, 2.45) is 0 Å². The van der Waals surface area contributed by atoms with Crippen LogP contribution in [0.3, 0.4) is 0 Å². The average molecular weight is 518 g/mol. The highest BCUT2D eigenvalue weighted by molar-refractivity contribution is 5.96. The monoisotopic (exact) mass is 517 g/mol. The third-order valence-electron chi connectivity index (χ3n) is 7.66. The van der Waals surface area contributed by atoms with Crippen LogP contribution in [0.1, 0.15) is 52.7 Å². The molecule has 1 saturated carbocycles. The third-order valence-corrected chi connectivity index (χ3v) is 7.66. The van der Waals surface area contributed by atoms with E-state index in [0.717, 1.165) is 54.3 Å². The molecular formula is C27H30F3N3O4. The van der Waals surface area contributed by atoms with Gasteiger partial charge in [0.1, 0.15) is 5.75 Å². The highest BCUT2D eigenvalue weighted by Crippen LogP contribution is 2.41. The summed E-state index contributed by atoms with van der Waals surface area (Å²) in [6, 6.07) is 10.4. The summed E-state index contributed by atoms with van der Waals surface area (Å²) in [6.45, 7) is 1.75. The van der Waals surface area contributed by atoms with Crippen LogP contribution in [0.5, 0.6) is 5.75 Å². The maximum absolute atomic E-state index is 12.8. The number of nitrogens with one attached hydrogen (secondary N) is 2. The van der Waals surface area contributed by atoms with E-state index in [9.17, 15) is 27.9 Å². The van der Waals surface area contributed by atoms with Gasteiger partial charge < -0.3 is 20.5 Å². The van der Waals surface area contributed by atoms with E-state index in [0.29, 0.717) is 38.6 Å². The first-order valence-electron chi connectivity index (χ1n) is 12.6. The van der Waals surface area contributed by atoms with Gasteiger partial charge in [-0.15, -0.1) is 0 Å². The van der Waals surface area contributed by atoms with Crippen molar-refractivity contribution >= 4 is 11.8 Å². The van der Waals surface area contributed by atoms with Crippen LogP contribution in [0, 0.1) is 0 Å². The number of ether oxygens (including phenoxy) is 1. The van der Waals surface area contributed by atoms with Crippen molar-refractivity contribution in [1.29, 1.82) is 0 Å². The van der Waals surface area contributed by atoms with Gasteiger partial charge >= 0.3 is 6.18 Å². The Balaban J connectivity index is 1.04. The molecule has 2 amide bonds. The molecule has 2 aromatic rings. The van der Waals surface area contributed by atoms with Crippen molar-refractivity contribution in [1.82, 2.24) is 15.5 Å². The second-order valence-corrected chi connectivity index (χ2v) is 10.2. The fraction of sp³-hybridized carbons (Fsp3) is 0.481. The molecule has 0 aromatic heterocycles. The summed E-state index contributed by atoms with van der Waals surface area (Å²) in [5, 5.41) is 16.5. The molecule has 10 heteroatoms. The van der Waals surface area contributed by atoms with E-state index in [1.165, 1.54) is 6.07 Å². The first-order valence-corrected chi connectivity index (χ1v) is 12.6. The molecule has 1 saturated heterocycles. The van der Waals surface area contributed by atoms with Crippen molar-refractivity contribution < 1.29 is 32.6 Å². The van der Waals surface area contributed by atoms with E-state index in [2.05, 4.69) is 21.6 Å². The Hall–Kier alpha value is -3.11. The molecule has 2 aliphatic heterocycles. The molecule has 3 N–H and O–H groups in total. The maximum Gasteiger partial charge on any atom is 0.416 e. The number of amides is 2. The van der Waals surface area contributed by atoms with E-state index in [-0.39, 0.29) is 24.1 Å². The van der Waals surface area contributed by atoms with Crippen molar-refractivity contribution in [3.8, 4) is 5.75 Å². The standard InChI is InChI=1S/C27H30F3N3O4/c28-27(29,30)20-3-1-2-18(13-20)25(35)31-14-24(34)32-21-15-33(16-21)22-6-9-26(36,10-7-22)19-4-5-23-17(12-19)8-11-37-23/h1-5,12-13,21-22,36H,6-11,14-16H2,(H,31,35)(H,32,34). The van der Waals surface area contributed by atoms with Gasteiger partial charge in [0.2, 0.25) is 5.91 Å². The Morgan fingerprint density at radius 2 is 1.86 bits per heavy atom. The van der Waals surface area contributed by atoms with Crippen molar-refractivity contribution in [3.63, 3.8) is 0 Å². The van der Waals surface area contributed by atoms with Gasteiger partial charge in [-0.2, -0.15) is 13.2 Å². The lowest BCUT2D eigenvalue weighted by molar-refractivity contribution is -0.137. The van der Waals surface area contributed by atoms with Crippen molar-refractivity contribution in [2.75, 3.05) is 26.2 Å². The summed E-state index contributed by atoms with van der Waals surface area (Å²) < 4.78 is 44.1. The smallest absolute Gasteiger partial charge is 0.416 e. The Morgan fingerprint density at radius 3 is 2.59 bits per heavy atom. The zero-order valence-electron chi connectivity index (χ0n) is 20.3. The van der Waals surface area contributed by atoms with Crippen LogP contribution >= 0.6 is 0 Å². The summed E-state index contributed by atoms with van der Waals surface area (Å²) in [5.74, 6) is -0.212. The lowest BCUT2D eigenvalue weighted by Gasteiger charge is -2.48. The van der Waals surface area contributed by atoms with Crippen LogP contribution in [0.25, 0.3) is 0 Å². The molecule has 0 atom stereocenters. The molecule has 0 spiro atoms. The van der Waals surface area contributed by atoms with Crippen LogP contribution in [0.2, 0.25) is 0 Å². The van der Waals surface area contributed by atoms with Crippen LogP contribution in [-0.4, -0.2) is 60.1 Å². The number of rotatable bonds is 6. The minimum Gasteiger partial charge on any atom is -0.493 e. The summed E-state index contributed by atoms with van der Waals surface area (Å²) in [7, 11) is 0. The van der Waals surface area contributed by atoms with Crippen molar-refractivity contribution in [3.05, 3.63) is 64.7 Å².